The Morgan fingerprint density at radius 3 is 2.28 bits per heavy atom. The van der Waals surface area contributed by atoms with Crippen LogP contribution < -0.4 is 14.4 Å². The van der Waals surface area contributed by atoms with E-state index in [0.717, 1.165) is 42.4 Å². The molecule has 0 bridgehead atoms. The average Bonchev–Trinajstić information content (AvgIpc) is 2.91. The van der Waals surface area contributed by atoms with Crippen LogP contribution >= 0.6 is 0 Å². The Labute approximate surface area is 233 Å². The quantitative estimate of drug-likeness (QED) is 0.407. The smallest absolute Gasteiger partial charge is 0.242 e. The van der Waals surface area contributed by atoms with Gasteiger partial charge in [0, 0.05) is 25.6 Å². The minimum Gasteiger partial charge on any atom is -0.497 e. The van der Waals surface area contributed by atoms with Gasteiger partial charge in [-0.05, 0) is 81.0 Å². The lowest BCUT2D eigenvalue weighted by Gasteiger charge is -2.31. The van der Waals surface area contributed by atoms with Crippen LogP contribution in [0, 0.1) is 13.8 Å². The van der Waals surface area contributed by atoms with Crippen LogP contribution in [0.3, 0.4) is 0 Å². The van der Waals surface area contributed by atoms with Crippen LogP contribution in [-0.2, 0) is 26.2 Å². The van der Waals surface area contributed by atoms with E-state index in [1.54, 1.807) is 25.0 Å². The van der Waals surface area contributed by atoms with Gasteiger partial charge in [0.2, 0.25) is 21.8 Å². The van der Waals surface area contributed by atoms with Crippen molar-refractivity contribution in [3.8, 4) is 5.75 Å². The fourth-order valence-corrected chi connectivity index (χ4v) is 5.92. The van der Waals surface area contributed by atoms with E-state index in [0.29, 0.717) is 17.9 Å². The average molecular weight is 558 g/mol. The maximum atomic E-state index is 13.5. The molecule has 2 aromatic carbocycles. The molecule has 0 heterocycles. The number of rotatable bonds is 12. The molecule has 214 valence electrons. The highest BCUT2D eigenvalue weighted by atomic mass is 32.2. The number of methoxy groups -OCH3 is 1. The largest absolute Gasteiger partial charge is 0.497 e. The van der Waals surface area contributed by atoms with E-state index in [1.165, 1.54) is 17.0 Å². The number of hydrogen-bond acceptors (Lipinski definition) is 5. The molecule has 0 aromatic heterocycles. The monoisotopic (exact) mass is 557 g/mol. The van der Waals surface area contributed by atoms with E-state index in [2.05, 4.69) is 5.32 Å². The third-order valence-corrected chi connectivity index (χ3v) is 8.76. The Bertz CT molecular complexity index is 1220. The van der Waals surface area contributed by atoms with Crippen molar-refractivity contribution < 1.29 is 22.7 Å². The minimum absolute atomic E-state index is 0.119. The molecule has 0 aliphatic heterocycles. The van der Waals surface area contributed by atoms with Gasteiger partial charge in [0.1, 0.15) is 11.8 Å². The van der Waals surface area contributed by atoms with Gasteiger partial charge in [-0.3, -0.25) is 13.9 Å². The molecule has 1 aliphatic rings. The lowest BCUT2D eigenvalue weighted by Crippen LogP contribution is -2.50. The first-order valence-electron chi connectivity index (χ1n) is 13.8. The Morgan fingerprint density at radius 1 is 1.03 bits per heavy atom. The Hall–Kier alpha value is -3.07. The van der Waals surface area contributed by atoms with Gasteiger partial charge in [-0.25, -0.2) is 8.42 Å². The summed E-state index contributed by atoms with van der Waals surface area (Å²) < 4.78 is 31.8. The highest BCUT2D eigenvalue weighted by Gasteiger charge is 2.28. The number of hydrogen-bond donors (Lipinski definition) is 1. The number of carbonyl (C=O) groups excluding carboxylic acids is 2. The van der Waals surface area contributed by atoms with E-state index in [1.807, 2.05) is 50.2 Å². The molecule has 0 radical (unpaired) electrons. The molecule has 8 nitrogen and oxygen atoms in total. The molecule has 2 amide bonds. The molecule has 39 heavy (non-hydrogen) atoms. The highest BCUT2D eigenvalue weighted by molar-refractivity contribution is 7.92. The van der Waals surface area contributed by atoms with Gasteiger partial charge >= 0.3 is 0 Å². The first-order valence-corrected chi connectivity index (χ1v) is 15.6. The molecule has 1 atom stereocenters. The third kappa shape index (κ3) is 8.71. The molecule has 1 aliphatic carbocycles. The van der Waals surface area contributed by atoms with Gasteiger partial charge in [0.05, 0.1) is 19.1 Å². The highest BCUT2D eigenvalue weighted by Crippen LogP contribution is 2.23. The molecular formula is C30H43N3O5S. The van der Waals surface area contributed by atoms with E-state index >= 15 is 0 Å². The van der Waals surface area contributed by atoms with E-state index in [4.69, 9.17) is 4.74 Å². The molecule has 2 aromatic rings. The summed E-state index contributed by atoms with van der Waals surface area (Å²) in [5.41, 5.74) is 3.55. The van der Waals surface area contributed by atoms with E-state index < -0.39 is 16.1 Å². The van der Waals surface area contributed by atoms with Crippen molar-refractivity contribution in [2.45, 2.75) is 84.3 Å². The zero-order chi connectivity index (χ0) is 28.6. The molecule has 3 rings (SSSR count). The molecule has 1 N–H and O–H groups in total. The number of aryl methyl sites for hydroxylation is 2. The maximum absolute atomic E-state index is 13.5. The summed E-state index contributed by atoms with van der Waals surface area (Å²) in [5, 5.41) is 3.14. The van der Waals surface area contributed by atoms with Gasteiger partial charge in [0.15, 0.2) is 0 Å². The molecule has 1 fully saturated rings. The van der Waals surface area contributed by atoms with Crippen LogP contribution in [0.4, 0.5) is 5.69 Å². The van der Waals surface area contributed by atoms with Crippen molar-refractivity contribution in [1.29, 1.82) is 0 Å². The summed E-state index contributed by atoms with van der Waals surface area (Å²) in [6.45, 7) is 6.13. The molecule has 0 spiro atoms. The standard InChI is InChI=1S/C30H43N3O5S/c1-22-13-16-27(20-23(22)2)33(39(5,36)37)19-9-12-29(34)32(21-25-14-17-28(38-4)18-15-25)24(3)30(35)31-26-10-7-6-8-11-26/h13-18,20,24,26H,6-12,19,21H2,1-5H3,(H,31,35)/t24-/m1/s1. The summed E-state index contributed by atoms with van der Waals surface area (Å²) >= 11 is 0. The molecular weight excluding hydrogens is 514 g/mol. The van der Waals surface area contributed by atoms with Crippen molar-refractivity contribution >= 4 is 27.5 Å². The second kappa shape index (κ2) is 13.8. The fourth-order valence-electron chi connectivity index (χ4n) is 4.96. The third-order valence-electron chi connectivity index (χ3n) is 7.56. The molecule has 1 saturated carbocycles. The van der Waals surface area contributed by atoms with Gasteiger partial charge in [0.25, 0.3) is 0 Å². The van der Waals surface area contributed by atoms with Crippen LogP contribution in [0.2, 0.25) is 0 Å². The summed E-state index contributed by atoms with van der Waals surface area (Å²) in [5.74, 6) is 0.370. The number of sulfonamides is 1. The van der Waals surface area contributed by atoms with E-state index in [9.17, 15) is 18.0 Å². The van der Waals surface area contributed by atoms with Crippen LogP contribution in [0.5, 0.6) is 5.75 Å². The summed E-state index contributed by atoms with van der Waals surface area (Å²) in [6, 6.07) is 12.5. The van der Waals surface area contributed by atoms with Gasteiger partial charge < -0.3 is 15.0 Å². The maximum Gasteiger partial charge on any atom is 0.242 e. The second-order valence-corrected chi connectivity index (χ2v) is 12.5. The SMILES string of the molecule is COc1ccc(CN(C(=O)CCCN(c2ccc(C)c(C)c2)S(C)(=O)=O)[C@H](C)C(=O)NC2CCCCC2)cc1. The van der Waals surface area contributed by atoms with Crippen LogP contribution in [0.25, 0.3) is 0 Å². The zero-order valence-electron chi connectivity index (χ0n) is 23.9. The van der Waals surface area contributed by atoms with Crippen molar-refractivity contribution in [2.75, 3.05) is 24.2 Å². The number of nitrogens with zero attached hydrogens (tertiary/aromatic N) is 2. The van der Waals surface area contributed by atoms with Crippen molar-refractivity contribution in [2.24, 2.45) is 0 Å². The summed E-state index contributed by atoms with van der Waals surface area (Å²) in [6.07, 6.45) is 6.95. The van der Waals surface area contributed by atoms with Crippen LogP contribution in [0.15, 0.2) is 42.5 Å². The lowest BCUT2D eigenvalue weighted by molar-refractivity contribution is -0.141. The Kier molecular flexibility index (Phi) is 10.8. The summed E-state index contributed by atoms with van der Waals surface area (Å²) in [4.78, 5) is 28.3. The number of anilines is 1. The predicted molar refractivity (Wildman–Crippen MR) is 155 cm³/mol. The first kappa shape index (κ1) is 30.5. The van der Waals surface area contributed by atoms with E-state index in [-0.39, 0.29) is 37.4 Å². The summed E-state index contributed by atoms with van der Waals surface area (Å²) in [7, 11) is -1.94. The number of benzene rings is 2. The molecule has 0 saturated heterocycles. The van der Waals surface area contributed by atoms with Gasteiger partial charge in [-0.15, -0.1) is 0 Å². The number of ether oxygens (including phenoxy) is 1. The van der Waals surface area contributed by atoms with Crippen LogP contribution in [-0.4, -0.2) is 57.1 Å². The van der Waals surface area contributed by atoms with Gasteiger partial charge in [-0.1, -0.05) is 37.5 Å². The normalized spacial score (nSPS) is 14.9. The zero-order valence-corrected chi connectivity index (χ0v) is 24.7. The molecule has 9 heteroatoms. The van der Waals surface area contributed by atoms with Crippen molar-refractivity contribution in [1.82, 2.24) is 10.2 Å². The Morgan fingerprint density at radius 2 is 1.69 bits per heavy atom. The minimum atomic E-state index is -3.53. The second-order valence-electron chi connectivity index (χ2n) is 10.6. The number of carbonyl (C=O) groups is 2. The first-order chi connectivity index (χ1) is 18.5. The molecule has 0 unspecified atom stereocenters. The van der Waals surface area contributed by atoms with Crippen LogP contribution in [0.1, 0.15) is 68.6 Å². The number of nitrogens with one attached hydrogen (secondary N) is 1. The van der Waals surface area contributed by atoms with Gasteiger partial charge in [-0.2, -0.15) is 0 Å². The predicted octanol–water partition coefficient (Wildman–Crippen LogP) is 4.72. The number of amides is 2. The fraction of sp³-hybridized carbons (Fsp3) is 0.533. The van der Waals surface area contributed by atoms with Crippen molar-refractivity contribution in [3.05, 3.63) is 59.2 Å². The van der Waals surface area contributed by atoms with Crippen molar-refractivity contribution in [3.63, 3.8) is 0 Å². The Balaban J connectivity index is 1.73. The topological polar surface area (TPSA) is 96.0 Å². The lowest BCUT2D eigenvalue weighted by atomic mass is 9.95.